The van der Waals surface area contributed by atoms with Crippen LogP contribution in [-0.4, -0.2) is 33.9 Å². The highest BCUT2D eigenvalue weighted by Crippen LogP contribution is 2.44. The second-order valence-corrected chi connectivity index (χ2v) is 18.1. The summed E-state index contributed by atoms with van der Waals surface area (Å²) in [5.41, 5.74) is -0.706. The average molecular weight is 585 g/mol. The molecule has 1 unspecified atom stereocenters. The quantitative estimate of drug-likeness (QED) is 0.265. The third-order valence-corrected chi connectivity index (χ3v) is 15.8. The molecular formula is C23H26ClF5N2O4SSi. The van der Waals surface area contributed by atoms with Gasteiger partial charge >= 0.3 is 6.36 Å². The van der Waals surface area contributed by atoms with E-state index in [1.54, 1.807) is 13.1 Å². The molecule has 1 N–H and O–H groups in total. The van der Waals surface area contributed by atoms with Crippen LogP contribution in [-0.2, 0) is 9.92 Å². The molecule has 0 spiro atoms. The van der Waals surface area contributed by atoms with Crippen LogP contribution in [0.1, 0.15) is 44.0 Å². The standard InChI is InChI=1S/C23H26ClF5N2O4SSi/c1-22(2,3)37(4,5)31(36(30,33)14-7-8-14)21(32)15-11-18(26)20(12-17(15)25)34-13-6-9-19(16(24)10-13)35-23(27,28)29/h6,9-12,14,30H,7-8H2,1-5H3. The summed E-state index contributed by atoms with van der Waals surface area (Å²) in [7, 11) is -6.60. The topological polar surface area (TPSA) is 79.7 Å². The molecule has 0 saturated heterocycles. The molecule has 1 aliphatic carbocycles. The molecule has 0 aliphatic heterocycles. The molecule has 3 rings (SSSR count). The highest BCUT2D eigenvalue weighted by molar-refractivity contribution is 7.93. The third-order valence-electron chi connectivity index (χ3n) is 6.38. The Hall–Kier alpha value is -2.38. The predicted molar refractivity (Wildman–Crippen MR) is 132 cm³/mol. The van der Waals surface area contributed by atoms with Gasteiger partial charge in [-0.3, -0.25) is 8.77 Å². The number of nitrogens with zero attached hydrogens (tertiary/aromatic N) is 1. The molecule has 2 aromatic rings. The van der Waals surface area contributed by atoms with Gasteiger partial charge in [-0.2, -0.15) is 0 Å². The second kappa shape index (κ2) is 9.73. The summed E-state index contributed by atoms with van der Waals surface area (Å²) in [5, 5.41) is -1.56. The van der Waals surface area contributed by atoms with Crippen molar-refractivity contribution in [2.45, 2.75) is 63.4 Å². The van der Waals surface area contributed by atoms with E-state index in [9.17, 15) is 26.6 Å². The Morgan fingerprint density at radius 1 is 1.08 bits per heavy atom. The van der Waals surface area contributed by atoms with Gasteiger partial charge < -0.3 is 9.47 Å². The lowest BCUT2D eigenvalue weighted by Gasteiger charge is -2.46. The largest absolute Gasteiger partial charge is 0.573 e. The summed E-state index contributed by atoms with van der Waals surface area (Å²) in [6.45, 7) is 9.02. The second-order valence-electron chi connectivity index (χ2n) is 10.2. The molecule has 0 aromatic heterocycles. The van der Waals surface area contributed by atoms with Crippen molar-refractivity contribution in [3.05, 3.63) is 52.6 Å². The fourth-order valence-electron chi connectivity index (χ4n) is 3.32. The van der Waals surface area contributed by atoms with E-state index < -0.39 is 74.4 Å². The van der Waals surface area contributed by atoms with Crippen molar-refractivity contribution in [1.29, 1.82) is 4.78 Å². The Bertz CT molecular complexity index is 1330. The van der Waals surface area contributed by atoms with Gasteiger partial charge in [-0.1, -0.05) is 45.5 Å². The Morgan fingerprint density at radius 2 is 1.68 bits per heavy atom. The molecule has 6 nitrogen and oxygen atoms in total. The summed E-state index contributed by atoms with van der Waals surface area (Å²) >= 11 is 5.76. The Morgan fingerprint density at radius 3 is 2.16 bits per heavy atom. The van der Waals surface area contributed by atoms with Crippen molar-refractivity contribution < 1.29 is 40.4 Å². The number of carbonyl (C=O) groups is 1. The van der Waals surface area contributed by atoms with Crippen molar-refractivity contribution in [3.8, 4) is 17.2 Å². The smallest absolute Gasteiger partial charge is 0.454 e. The molecule has 0 bridgehead atoms. The van der Waals surface area contributed by atoms with Gasteiger partial charge in [0, 0.05) is 12.1 Å². The zero-order chi connectivity index (χ0) is 28.1. The van der Waals surface area contributed by atoms with Gasteiger partial charge in [0.05, 0.1) is 15.8 Å². The number of hydrogen-bond donors (Lipinski definition) is 1. The SMILES string of the molecule is CC(C)(C)[Si](C)(C)N(C(=O)c1cc(F)c(Oc2ccc(OC(F)(F)F)c(Cl)c2)cc1F)S(=N)(=O)C1CC1. The van der Waals surface area contributed by atoms with E-state index in [1.165, 1.54) is 0 Å². The Labute approximate surface area is 217 Å². The maximum atomic E-state index is 15.2. The molecule has 1 aliphatic rings. The van der Waals surface area contributed by atoms with Gasteiger partial charge in [0.25, 0.3) is 5.91 Å². The summed E-state index contributed by atoms with van der Waals surface area (Å²) in [6.07, 6.45) is -3.98. The molecular weight excluding hydrogens is 559 g/mol. The molecule has 1 fully saturated rings. The number of hydrogen-bond acceptors (Lipinski definition) is 5. The van der Waals surface area contributed by atoms with Gasteiger partial charge in [-0.15, -0.1) is 13.2 Å². The molecule has 1 atom stereocenters. The van der Waals surface area contributed by atoms with Crippen LogP contribution in [0.4, 0.5) is 22.0 Å². The van der Waals surface area contributed by atoms with E-state index in [0.29, 0.717) is 25.0 Å². The maximum Gasteiger partial charge on any atom is 0.573 e. The number of benzene rings is 2. The van der Waals surface area contributed by atoms with E-state index in [2.05, 4.69) is 4.74 Å². The Balaban J connectivity index is 1.97. The summed E-state index contributed by atoms with van der Waals surface area (Å²) in [4.78, 5) is 13.5. The van der Waals surface area contributed by atoms with Crippen LogP contribution in [0, 0.1) is 16.4 Å². The van der Waals surface area contributed by atoms with Gasteiger partial charge in [-0.25, -0.2) is 17.8 Å². The predicted octanol–water partition coefficient (Wildman–Crippen LogP) is 7.88. The van der Waals surface area contributed by atoms with E-state index >= 15 is 4.39 Å². The number of amides is 1. The number of halogens is 6. The van der Waals surface area contributed by atoms with Crippen LogP contribution in [0.25, 0.3) is 0 Å². The monoisotopic (exact) mass is 584 g/mol. The number of ether oxygens (including phenoxy) is 2. The highest BCUT2D eigenvalue weighted by Gasteiger charge is 2.52. The molecule has 37 heavy (non-hydrogen) atoms. The normalized spacial score (nSPS) is 16.2. The molecule has 14 heteroatoms. The van der Waals surface area contributed by atoms with Crippen molar-refractivity contribution in [2.75, 3.05) is 0 Å². The summed E-state index contributed by atoms with van der Waals surface area (Å²) < 4.78 is 99.4. The lowest BCUT2D eigenvalue weighted by Crippen LogP contribution is -2.60. The van der Waals surface area contributed by atoms with E-state index in [4.69, 9.17) is 21.1 Å². The molecule has 204 valence electrons. The van der Waals surface area contributed by atoms with E-state index in [-0.39, 0.29) is 5.75 Å². The van der Waals surface area contributed by atoms with Crippen molar-refractivity contribution >= 4 is 35.7 Å². The van der Waals surface area contributed by atoms with Crippen LogP contribution in [0.5, 0.6) is 17.2 Å². The van der Waals surface area contributed by atoms with Gasteiger partial charge in [0.15, 0.2) is 19.8 Å². The van der Waals surface area contributed by atoms with Crippen LogP contribution in [0.3, 0.4) is 0 Å². The van der Waals surface area contributed by atoms with Gasteiger partial charge in [-0.05, 0) is 36.1 Å². The average Bonchev–Trinajstić information content (AvgIpc) is 3.56. The van der Waals surface area contributed by atoms with Gasteiger partial charge in [0.2, 0.25) is 0 Å². The number of nitrogens with one attached hydrogen (secondary N) is 1. The van der Waals surface area contributed by atoms with E-state index in [0.717, 1.165) is 22.2 Å². The third kappa shape index (κ3) is 6.20. The van der Waals surface area contributed by atoms with Crippen LogP contribution >= 0.6 is 11.6 Å². The van der Waals surface area contributed by atoms with Crippen LogP contribution in [0.2, 0.25) is 23.2 Å². The lowest BCUT2D eigenvalue weighted by atomic mass is 10.2. The first-order valence-electron chi connectivity index (χ1n) is 11.1. The minimum absolute atomic E-state index is 0.220. The first-order chi connectivity index (χ1) is 16.8. The zero-order valence-electron chi connectivity index (χ0n) is 20.6. The van der Waals surface area contributed by atoms with Crippen LogP contribution < -0.4 is 9.47 Å². The summed E-state index contributed by atoms with van der Waals surface area (Å²) in [6, 6.07) is 3.97. The number of carbonyl (C=O) groups excluding carboxylic acids is 1. The lowest BCUT2D eigenvalue weighted by molar-refractivity contribution is -0.274. The number of alkyl halides is 3. The fraction of sp³-hybridized carbons (Fsp3) is 0.435. The zero-order valence-corrected chi connectivity index (χ0v) is 23.2. The molecule has 0 heterocycles. The molecule has 1 saturated carbocycles. The Kier molecular flexibility index (Phi) is 7.68. The maximum absolute atomic E-state index is 15.2. The highest BCUT2D eigenvalue weighted by atomic mass is 35.5. The summed E-state index contributed by atoms with van der Waals surface area (Å²) in [5.74, 6) is -4.98. The number of rotatable bonds is 7. The molecule has 0 radical (unpaired) electrons. The first-order valence-corrected chi connectivity index (χ1v) is 16.0. The van der Waals surface area contributed by atoms with E-state index in [1.807, 2.05) is 20.8 Å². The van der Waals surface area contributed by atoms with Crippen molar-refractivity contribution in [3.63, 3.8) is 0 Å². The van der Waals surface area contributed by atoms with Gasteiger partial charge in [0.1, 0.15) is 27.2 Å². The van der Waals surface area contributed by atoms with Crippen molar-refractivity contribution in [2.24, 2.45) is 0 Å². The molecule has 2 aromatic carbocycles. The van der Waals surface area contributed by atoms with Crippen molar-refractivity contribution in [1.82, 2.24) is 3.97 Å². The fourth-order valence-corrected chi connectivity index (χ4v) is 10.2. The minimum Gasteiger partial charge on any atom is -0.454 e. The molecule has 1 amide bonds. The minimum atomic E-state index is -4.98. The first kappa shape index (κ1) is 29.2. The van der Waals surface area contributed by atoms with Crippen LogP contribution in [0.15, 0.2) is 30.3 Å².